The summed E-state index contributed by atoms with van der Waals surface area (Å²) in [5.74, 6) is -0.635. The average Bonchev–Trinajstić information content (AvgIpc) is 2.79. The highest BCUT2D eigenvalue weighted by atomic mass is 16.4. The first kappa shape index (κ1) is 34.9. The Morgan fingerprint density at radius 2 is 1.14 bits per heavy atom. The number of carboxylic acids is 2. The van der Waals surface area contributed by atoms with Crippen molar-refractivity contribution in [3.63, 3.8) is 0 Å². The van der Waals surface area contributed by atoms with E-state index in [1.165, 1.54) is 96.3 Å². The lowest BCUT2D eigenvalue weighted by Crippen LogP contribution is -2.37. The molecule has 0 aromatic rings. The summed E-state index contributed by atoms with van der Waals surface area (Å²) in [6.07, 6.45) is 24.1. The molecule has 0 spiro atoms. The molecule has 0 heterocycles. The molecule has 36 heavy (non-hydrogen) atoms. The molecule has 4 heteroatoms. The highest BCUT2D eigenvalue weighted by Crippen LogP contribution is 2.35. The van der Waals surface area contributed by atoms with Gasteiger partial charge in [0, 0.05) is 0 Å². The zero-order valence-corrected chi connectivity index (χ0v) is 24.9. The third-order valence-electron chi connectivity index (χ3n) is 7.90. The van der Waals surface area contributed by atoms with Gasteiger partial charge in [0.1, 0.15) is 0 Å². The Morgan fingerprint density at radius 1 is 0.694 bits per heavy atom. The maximum absolute atomic E-state index is 10.8. The number of unbranched alkanes of at least 4 members (excludes halogenated alkanes) is 11. The van der Waals surface area contributed by atoms with Crippen molar-refractivity contribution >= 4 is 11.9 Å². The number of aliphatic carboxylic acids is 2. The molecule has 2 N–H and O–H groups in total. The summed E-state index contributed by atoms with van der Waals surface area (Å²) in [6.45, 7) is 13.7. The highest BCUT2D eigenvalue weighted by Gasteiger charge is 2.40. The minimum Gasteiger partial charge on any atom is -0.481 e. The topological polar surface area (TPSA) is 74.6 Å². The predicted molar refractivity (Wildman–Crippen MR) is 153 cm³/mol. The molecule has 1 aliphatic carbocycles. The van der Waals surface area contributed by atoms with E-state index in [9.17, 15) is 9.59 Å². The van der Waals surface area contributed by atoms with Gasteiger partial charge in [-0.3, -0.25) is 9.59 Å². The Hall–Kier alpha value is -1.06. The van der Waals surface area contributed by atoms with E-state index >= 15 is 0 Å². The van der Waals surface area contributed by atoms with Crippen LogP contribution in [0.4, 0.5) is 0 Å². The lowest BCUT2D eigenvalue weighted by atomic mass is 9.73. The molecule has 214 valence electrons. The van der Waals surface area contributed by atoms with Crippen LogP contribution in [0.2, 0.25) is 0 Å². The summed E-state index contributed by atoms with van der Waals surface area (Å²) in [5, 5.41) is 17.7. The second-order valence-corrected chi connectivity index (χ2v) is 12.5. The molecule has 0 aromatic carbocycles. The number of hydrogen-bond acceptors (Lipinski definition) is 2. The first-order valence-corrected chi connectivity index (χ1v) is 15.6. The zero-order valence-electron chi connectivity index (χ0n) is 24.9. The molecule has 0 bridgehead atoms. The predicted octanol–water partition coefficient (Wildman–Crippen LogP) is 9.99. The van der Waals surface area contributed by atoms with Gasteiger partial charge in [-0.05, 0) is 49.4 Å². The smallest absolute Gasteiger partial charge is 0.307 e. The fourth-order valence-electron chi connectivity index (χ4n) is 6.05. The lowest BCUT2D eigenvalue weighted by molar-refractivity contribution is -0.158. The van der Waals surface area contributed by atoms with Crippen molar-refractivity contribution in [1.29, 1.82) is 0 Å². The molecule has 1 aliphatic rings. The second kappa shape index (κ2) is 22.0. The molecule has 0 aromatic heterocycles. The third kappa shape index (κ3) is 18.2. The molecule has 3 atom stereocenters. The van der Waals surface area contributed by atoms with Crippen LogP contribution in [0.25, 0.3) is 0 Å². The SMILES string of the molecule is CC1CCCC(C(=O)O)C1C(=O)O.CCCCCCCCCCCCCCC(CC(C)C)CC(C)C. The number of rotatable bonds is 19. The summed E-state index contributed by atoms with van der Waals surface area (Å²) in [5.41, 5.74) is 0. The average molecular weight is 511 g/mol. The van der Waals surface area contributed by atoms with Crippen LogP contribution in [-0.2, 0) is 9.59 Å². The Balaban J connectivity index is 0.000000790. The van der Waals surface area contributed by atoms with Gasteiger partial charge in [-0.1, -0.05) is 131 Å². The Labute approximate surface area is 224 Å². The summed E-state index contributed by atoms with van der Waals surface area (Å²) >= 11 is 0. The Kier molecular flexibility index (Phi) is 21.3. The van der Waals surface area contributed by atoms with E-state index in [0.29, 0.717) is 6.42 Å². The summed E-state index contributed by atoms with van der Waals surface area (Å²) in [4.78, 5) is 21.6. The molecule has 3 unspecified atom stereocenters. The van der Waals surface area contributed by atoms with Crippen molar-refractivity contribution in [3.05, 3.63) is 0 Å². The molecular weight excluding hydrogens is 448 g/mol. The van der Waals surface area contributed by atoms with Crippen LogP contribution < -0.4 is 0 Å². The van der Waals surface area contributed by atoms with Gasteiger partial charge < -0.3 is 10.2 Å². The molecule has 4 nitrogen and oxygen atoms in total. The second-order valence-electron chi connectivity index (χ2n) is 12.5. The molecule has 0 amide bonds. The number of carboxylic acid groups (broad SMARTS) is 2. The molecule has 0 aliphatic heterocycles. The van der Waals surface area contributed by atoms with Gasteiger partial charge in [-0.2, -0.15) is 0 Å². The molecule has 1 rings (SSSR count). The molecule has 1 fully saturated rings. The number of carbonyl (C=O) groups is 2. The van der Waals surface area contributed by atoms with E-state index < -0.39 is 23.8 Å². The van der Waals surface area contributed by atoms with Crippen LogP contribution in [-0.4, -0.2) is 22.2 Å². The van der Waals surface area contributed by atoms with Crippen molar-refractivity contribution in [2.75, 3.05) is 0 Å². The standard InChI is InChI=1S/C23H48.C9H14O4/c1-6-7-8-9-10-11-12-13-14-15-16-17-18-23(19-21(2)3)20-22(4)5;1-5-3-2-4-6(8(10)11)7(5)9(12)13/h21-23H,6-20H2,1-5H3;5-7H,2-4H2,1H3,(H,10,11)(H,12,13). The van der Waals surface area contributed by atoms with E-state index in [2.05, 4.69) is 34.6 Å². The first-order chi connectivity index (χ1) is 17.1. The lowest BCUT2D eigenvalue weighted by Gasteiger charge is -2.30. The van der Waals surface area contributed by atoms with Crippen LogP contribution in [0.3, 0.4) is 0 Å². The Bertz CT molecular complexity index is 532. The summed E-state index contributed by atoms with van der Waals surface area (Å²) in [7, 11) is 0. The van der Waals surface area contributed by atoms with E-state index in [1.807, 2.05) is 6.92 Å². The van der Waals surface area contributed by atoms with Crippen molar-refractivity contribution < 1.29 is 19.8 Å². The van der Waals surface area contributed by atoms with Crippen molar-refractivity contribution in [1.82, 2.24) is 0 Å². The maximum atomic E-state index is 10.8. The minimum atomic E-state index is -0.973. The molecule has 0 saturated heterocycles. The van der Waals surface area contributed by atoms with E-state index in [0.717, 1.165) is 30.6 Å². The molecular formula is C32H62O4. The van der Waals surface area contributed by atoms with Crippen LogP contribution >= 0.6 is 0 Å². The highest BCUT2D eigenvalue weighted by molar-refractivity contribution is 5.80. The maximum Gasteiger partial charge on any atom is 0.307 e. The van der Waals surface area contributed by atoms with Gasteiger partial charge in [-0.15, -0.1) is 0 Å². The van der Waals surface area contributed by atoms with E-state index in [-0.39, 0.29) is 5.92 Å². The van der Waals surface area contributed by atoms with Gasteiger partial charge in [0.05, 0.1) is 11.8 Å². The third-order valence-corrected chi connectivity index (χ3v) is 7.90. The molecule has 0 radical (unpaired) electrons. The van der Waals surface area contributed by atoms with E-state index in [1.54, 1.807) is 0 Å². The van der Waals surface area contributed by atoms with Crippen LogP contribution in [0.15, 0.2) is 0 Å². The summed E-state index contributed by atoms with van der Waals surface area (Å²) in [6, 6.07) is 0. The summed E-state index contributed by atoms with van der Waals surface area (Å²) < 4.78 is 0. The quantitative estimate of drug-likeness (QED) is 0.169. The van der Waals surface area contributed by atoms with Gasteiger partial charge in [0.2, 0.25) is 0 Å². The van der Waals surface area contributed by atoms with Crippen molar-refractivity contribution in [2.45, 2.75) is 157 Å². The first-order valence-electron chi connectivity index (χ1n) is 15.6. The van der Waals surface area contributed by atoms with Gasteiger partial charge in [0.15, 0.2) is 0 Å². The van der Waals surface area contributed by atoms with Crippen LogP contribution in [0.5, 0.6) is 0 Å². The monoisotopic (exact) mass is 510 g/mol. The Morgan fingerprint density at radius 3 is 1.50 bits per heavy atom. The van der Waals surface area contributed by atoms with E-state index in [4.69, 9.17) is 10.2 Å². The van der Waals surface area contributed by atoms with Crippen LogP contribution in [0, 0.1) is 35.5 Å². The minimum absolute atomic E-state index is 0.0210. The van der Waals surface area contributed by atoms with Crippen LogP contribution in [0.1, 0.15) is 157 Å². The molecule has 1 saturated carbocycles. The van der Waals surface area contributed by atoms with Gasteiger partial charge in [0.25, 0.3) is 0 Å². The van der Waals surface area contributed by atoms with Crippen molar-refractivity contribution in [2.24, 2.45) is 35.5 Å². The van der Waals surface area contributed by atoms with Gasteiger partial charge >= 0.3 is 11.9 Å². The fourth-order valence-corrected chi connectivity index (χ4v) is 6.05. The normalized spacial score (nSPS) is 20.0. The fraction of sp³-hybridized carbons (Fsp3) is 0.938. The number of hydrogen-bond donors (Lipinski definition) is 2. The largest absolute Gasteiger partial charge is 0.481 e. The zero-order chi connectivity index (χ0) is 27.3. The van der Waals surface area contributed by atoms with Gasteiger partial charge in [-0.25, -0.2) is 0 Å². The van der Waals surface area contributed by atoms with Crippen molar-refractivity contribution in [3.8, 4) is 0 Å².